The van der Waals surface area contributed by atoms with Crippen LogP contribution in [-0.4, -0.2) is 21.6 Å². The molecule has 1 aromatic rings. The molecular weight excluding hydrogens is 298 g/mol. The average Bonchev–Trinajstić information content (AvgIpc) is 2.52. The Kier molecular flexibility index (Phi) is 4.86. The summed E-state index contributed by atoms with van der Waals surface area (Å²) in [6.07, 6.45) is 7.34. The first-order chi connectivity index (χ1) is 10.7. The molecule has 5 nitrogen and oxygen atoms in total. The van der Waals surface area contributed by atoms with Crippen LogP contribution in [0, 0.1) is 5.92 Å². The second-order valence-electron chi connectivity index (χ2n) is 6.24. The predicted octanol–water partition coefficient (Wildman–Crippen LogP) is 3.28. The van der Waals surface area contributed by atoms with Crippen molar-refractivity contribution in [2.24, 2.45) is 5.92 Å². The number of carbonyl (C=O) groups excluding carboxylic acids is 1. The molecule has 1 aliphatic heterocycles. The molecule has 1 aliphatic carbocycles. The second-order valence-corrected chi connectivity index (χ2v) is 7.32. The minimum atomic E-state index is -0.0702. The SMILES string of the molecule is CCCSc1nc2c(c(=O)[nH]1)C(C1CCCCC1)CC(=O)N2. The predicted molar refractivity (Wildman–Crippen MR) is 88.4 cm³/mol. The molecule has 1 atom stereocenters. The number of nitrogens with one attached hydrogen (secondary N) is 2. The number of amides is 1. The molecular formula is C16H23N3O2S. The first-order valence-corrected chi connectivity index (χ1v) is 9.24. The van der Waals surface area contributed by atoms with Crippen LogP contribution in [0.5, 0.6) is 0 Å². The Bertz CT molecular complexity index is 608. The molecule has 1 fully saturated rings. The Labute approximate surface area is 134 Å². The topological polar surface area (TPSA) is 74.8 Å². The van der Waals surface area contributed by atoms with Crippen molar-refractivity contribution in [1.82, 2.24) is 9.97 Å². The molecule has 2 N–H and O–H groups in total. The van der Waals surface area contributed by atoms with Crippen LogP contribution in [0.15, 0.2) is 9.95 Å². The van der Waals surface area contributed by atoms with Gasteiger partial charge in [-0.05, 0) is 25.2 Å². The highest BCUT2D eigenvalue weighted by Gasteiger charge is 2.35. The molecule has 1 unspecified atom stereocenters. The second kappa shape index (κ2) is 6.86. The first kappa shape index (κ1) is 15.6. The number of nitrogens with zero attached hydrogens (tertiary/aromatic N) is 1. The fourth-order valence-corrected chi connectivity index (χ4v) is 4.31. The highest BCUT2D eigenvalue weighted by Crippen LogP contribution is 2.41. The van der Waals surface area contributed by atoms with E-state index in [2.05, 4.69) is 22.2 Å². The van der Waals surface area contributed by atoms with Crippen molar-refractivity contribution >= 4 is 23.5 Å². The molecule has 120 valence electrons. The van der Waals surface area contributed by atoms with E-state index in [0.29, 0.717) is 28.9 Å². The van der Waals surface area contributed by atoms with Gasteiger partial charge in [0, 0.05) is 18.1 Å². The molecule has 6 heteroatoms. The summed E-state index contributed by atoms with van der Waals surface area (Å²) < 4.78 is 0. The number of hydrogen-bond acceptors (Lipinski definition) is 4. The van der Waals surface area contributed by atoms with Gasteiger partial charge in [-0.1, -0.05) is 37.9 Å². The molecule has 2 heterocycles. The number of thioether (sulfide) groups is 1. The number of aromatic nitrogens is 2. The Morgan fingerprint density at radius 1 is 1.23 bits per heavy atom. The molecule has 0 radical (unpaired) electrons. The lowest BCUT2D eigenvalue weighted by atomic mass is 9.74. The van der Waals surface area contributed by atoms with Gasteiger partial charge in [0.1, 0.15) is 5.82 Å². The maximum absolute atomic E-state index is 12.5. The number of hydrogen-bond donors (Lipinski definition) is 2. The van der Waals surface area contributed by atoms with Gasteiger partial charge in [-0.2, -0.15) is 0 Å². The van der Waals surface area contributed by atoms with E-state index in [1.54, 1.807) is 0 Å². The number of aromatic amines is 1. The highest BCUT2D eigenvalue weighted by molar-refractivity contribution is 7.99. The van der Waals surface area contributed by atoms with Crippen molar-refractivity contribution in [3.63, 3.8) is 0 Å². The molecule has 2 aliphatic rings. The highest BCUT2D eigenvalue weighted by atomic mass is 32.2. The minimum absolute atomic E-state index is 0.00684. The monoisotopic (exact) mass is 321 g/mol. The molecule has 0 aromatic carbocycles. The van der Waals surface area contributed by atoms with Crippen LogP contribution in [0.2, 0.25) is 0 Å². The fourth-order valence-electron chi connectivity index (χ4n) is 3.59. The van der Waals surface area contributed by atoms with E-state index in [-0.39, 0.29) is 17.4 Å². The zero-order valence-electron chi connectivity index (χ0n) is 13.0. The third-order valence-corrected chi connectivity index (χ3v) is 5.71. The van der Waals surface area contributed by atoms with Crippen LogP contribution >= 0.6 is 11.8 Å². The van der Waals surface area contributed by atoms with Crippen LogP contribution in [0.25, 0.3) is 0 Å². The maximum Gasteiger partial charge on any atom is 0.257 e. The molecule has 0 spiro atoms. The van der Waals surface area contributed by atoms with Gasteiger partial charge in [-0.3, -0.25) is 9.59 Å². The standard InChI is InChI=1S/C16H23N3O2S/c1-2-8-22-16-18-14-13(15(21)19-16)11(9-12(20)17-14)10-6-4-3-5-7-10/h10-11H,2-9H2,1H3,(H2,17,18,19,20,21). The number of H-pyrrole nitrogens is 1. The van der Waals surface area contributed by atoms with E-state index in [1.807, 2.05) is 0 Å². The van der Waals surface area contributed by atoms with Crippen LogP contribution in [0.1, 0.15) is 63.4 Å². The lowest BCUT2D eigenvalue weighted by Gasteiger charge is -2.33. The van der Waals surface area contributed by atoms with Gasteiger partial charge in [0.15, 0.2) is 5.16 Å². The quantitative estimate of drug-likeness (QED) is 0.659. The molecule has 0 saturated heterocycles. The Hall–Kier alpha value is -1.30. The Balaban J connectivity index is 1.94. The summed E-state index contributed by atoms with van der Waals surface area (Å²) in [5.41, 5.74) is 0.631. The summed E-state index contributed by atoms with van der Waals surface area (Å²) in [5.74, 6) is 1.87. The molecule has 1 amide bonds. The van der Waals surface area contributed by atoms with Gasteiger partial charge >= 0.3 is 0 Å². The van der Waals surface area contributed by atoms with Crippen LogP contribution in [0.4, 0.5) is 5.82 Å². The van der Waals surface area contributed by atoms with Crippen molar-refractivity contribution in [3.05, 3.63) is 15.9 Å². The zero-order valence-corrected chi connectivity index (χ0v) is 13.8. The minimum Gasteiger partial charge on any atom is -0.310 e. The van der Waals surface area contributed by atoms with Crippen molar-refractivity contribution < 1.29 is 4.79 Å². The molecule has 3 rings (SSSR count). The molecule has 1 saturated carbocycles. The average molecular weight is 321 g/mol. The maximum atomic E-state index is 12.5. The van der Waals surface area contributed by atoms with E-state index in [9.17, 15) is 9.59 Å². The Morgan fingerprint density at radius 2 is 2.00 bits per heavy atom. The number of fused-ring (bicyclic) bond motifs is 1. The smallest absolute Gasteiger partial charge is 0.257 e. The summed E-state index contributed by atoms with van der Waals surface area (Å²) in [6.45, 7) is 2.09. The summed E-state index contributed by atoms with van der Waals surface area (Å²) >= 11 is 1.53. The molecule has 0 bridgehead atoms. The van der Waals surface area contributed by atoms with E-state index in [4.69, 9.17) is 0 Å². The van der Waals surface area contributed by atoms with Crippen molar-refractivity contribution in [2.45, 2.75) is 62.9 Å². The van der Waals surface area contributed by atoms with E-state index in [0.717, 1.165) is 25.0 Å². The molecule has 1 aromatic heterocycles. The Morgan fingerprint density at radius 3 is 2.73 bits per heavy atom. The van der Waals surface area contributed by atoms with Gasteiger partial charge in [0.25, 0.3) is 5.56 Å². The number of anilines is 1. The van der Waals surface area contributed by atoms with E-state index >= 15 is 0 Å². The zero-order chi connectivity index (χ0) is 15.5. The third kappa shape index (κ3) is 3.21. The van der Waals surface area contributed by atoms with Crippen LogP contribution in [0.3, 0.4) is 0 Å². The van der Waals surface area contributed by atoms with Crippen molar-refractivity contribution in [2.75, 3.05) is 11.1 Å². The number of rotatable bonds is 4. The lowest BCUT2D eigenvalue weighted by Crippen LogP contribution is -2.34. The summed E-state index contributed by atoms with van der Waals surface area (Å²) in [4.78, 5) is 32.0. The summed E-state index contributed by atoms with van der Waals surface area (Å²) in [7, 11) is 0. The van der Waals surface area contributed by atoms with Gasteiger partial charge in [0.05, 0.1) is 5.56 Å². The first-order valence-electron chi connectivity index (χ1n) is 8.26. The lowest BCUT2D eigenvalue weighted by molar-refractivity contribution is -0.117. The van der Waals surface area contributed by atoms with Gasteiger partial charge in [-0.15, -0.1) is 0 Å². The molecule has 22 heavy (non-hydrogen) atoms. The van der Waals surface area contributed by atoms with Gasteiger partial charge in [-0.25, -0.2) is 4.98 Å². The normalized spacial score (nSPS) is 22.2. The van der Waals surface area contributed by atoms with Crippen molar-refractivity contribution in [1.29, 1.82) is 0 Å². The largest absolute Gasteiger partial charge is 0.310 e. The fraction of sp³-hybridized carbons (Fsp3) is 0.688. The summed E-state index contributed by atoms with van der Waals surface area (Å²) in [6, 6.07) is 0. The van der Waals surface area contributed by atoms with Gasteiger partial charge in [0.2, 0.25) is 5.91 Å². The van der Waals surface area contributed by atoms with E-state index in [1.165, 1.54) is 31.0 Å². The van der Waals surface area contributed by atoms with E-state index < -0.39 is 0 Å². The van der Waals surface area contributed by atoms with Crippen LogP contribution in [-0.2, 0) is 4.79 Å². The van der Waals surface area contributed by atoms with Crippen LogP contribution < -0.4 is 10.9 Å². The third-order valence-electron chi connectivity index (χ3n) is 4.63. The van der Waals surface area contributed by atoms with Crippen molar-refractivity contribution in [3.8, 4) is 0 Å². The number of carbonyl (C=O) groups is 1. The summed E-state index contributed by atoms with van der Waals surface area (Å²) in [5, 5.41) is 3.41. The van der Waals surface area contributed by atoms with Gasteiger partial charge < -0.3 is 10.3 Å².